The van der Waals surface area contributed by atoms with Gasteiger partial charge in [-0.2, -0.15) is 0 Å². The highest BCUT2D eigenvalue weighted by Crippen LogP contribution is 2.34. The minimum atomic E-state index is -0.0718. The second kappa shape index (κ2) is 6.46. The van der Waals surface area contributed by atoms with E-state index in [-0.39, 0.29) is 5.78 Å². The van der Waals surface area contributed by atoms with Crippen LogP contribution in [0, 0.1) is 0 Å². The normalized spacial score (nSPS) is 14.4. The number of carbonyl (C=O) groups is 1. The van der Waals surface area contributed by atoms with E-state index in [1.165, 1.54) is 5.39 Å². The van der Waals surface area contributed by atoms with Crippen molar-refractivity contribution < 1.29 is 9.53 Å². The van der Waals surface area contributed by atoms with Gasteiger partial charge in [0.05, 0.1) is 16.6 Å². The predicted molar refractivity (Wildman–Crippen MR) is 120 cm³/mol. The molecular formula is C27H17NO2. The quantitative estimate of drug-likeness (QED) is 0.328. The highest BCUT2D eigenvalue weighted by molar-refractivity contribution is 6.15. The van der Waals surface area contributed by atoms with E-state index in [1.807, 2.05) is 36.4 Å². The largest absolute Gasteiger partial charge is 0.452 e. The van der Waals surface area contributed by atoms with Crippen LogP contribution in [0.15, 0.2) is 103 Å². The number of hydrogen-bond acceptors (Lipinski definition) is 2. The predicted octanol–water partition coefficient (Wildman–Crippen LogP) is 6.40. The third-order valence-electron chi connectivity index (χ3n) is 5.58. The summed E-state index contributed by atoms with van der Waals surface area (Å²) in [4.78, 5) is 12.7. The third-order valence-corrected chi connectivity index (χ3v) is 5.58. The lowest BCUT2D eigenvalue weighted by atomic mass is 10.1. The molecule has 142 valence electrons. The summed E-state index contributed by atoms with van der Waals surface area (Å²) in [7, 11) is 0. The van der Waals surface area contributed by atoms with Crippen LogP contribution in [0.5, 0.6) is 5.75 Å². The number of Topliss-reactive ketones (excluding diaryl/α,β-unsaturated/α-hetero) is 1. The number of ketones is 1. The minimum Gasteiger partial charge on any atom is -0.452 e. The van der Waals surface area contributed by atoms with Crippen molar-refractivity contribution in [2.45, 2.75) is 0 Å². The highest BCUT2D eigenvalue weighted by atomic mass is 16.5. The topological polar surface area (TPSA) is 31.2 Å². The lowest BCUT2D eigenvalue weighted by Crippen LogP contribution is -1.98. The second-order valence-corrected chi connectivity index (χ2v) is 7.40. The van der Waals surface area contributed by atoms with Crippen LogP contribution in [0.4, 0.5) is 0 Å². The molecule has 0 unspecified atom stereocenters. The molecule has 5 aromatic rings. The Labute approximate surface area is 173 Å². The molecule has 0 atom stereocenters. The number of benzene rings is 4. The van der Waals surface area contributed by atoms with Gasteiger partial charge in [-0.25, -0.2) is 0 Å². The first-order valence-electron chi connectivity index (χ1n) is 9.91. The summed E-state index contributed by atoms with van der Waals surface area (Å²) in [6.07, 6.45) is 1.83. The summed E-state index contributed by atoms with van der Waals surface area (Å²) in [5.41, 5.74) is 4.97. The fraction of sp³-hybridized carbons (Fsp3) is 0. The first-order valence-corrected chi connectivity index (χ1v) is 9.91. The van der Waals surface area contributed by atoms with Crippen molar-refractivity contribution >= 4 is 33.7 Å². The number of nitrogens with zero attached hydrogens (tertiary/aromatic N) is 1. The molecule has 0 saturated heterocycles. The zero-order valence-corrected chi connectivity index (χ0v) is 16.1. The Hall–Kier alpha value is -4.11. The van der Waals surface area contributed by atoms with Crippen LogP contribution in [0.2, 0.25) is 0 Å². The van der Waals surface area contributed by atoms with Crippen LogP contribution in [-0.2, 0) is 0 Å². The van der Waals surface area contributed by atoms with Gasteiger partial charge >= 0.3 is 0 Å². The number of aromatic nitrogens is 1. The second-order valence-electron chi connectivity index (χ2n) is 7.40. The van der Waals surface area contributed by atoms with Gasteiger partial charge in [0.25, 0.3) is 0 Å². The van der Waals surface area contributed by atoms with E-state index in [1.54, 1.807) is 6.07 Å². The highest BCUT2D eigenvalue weighted by Gasteiger charge is 2.26. The Balaban J connectivity index is 1.53. The van der Waals surface area contributed by atoms with E-state index in [9.17, 15) is 4.79 Å². The maximum absolute atomic E-state index is 12.7. The van der Waals surface area contributed by atoms with Gasteiger partial charge in [0, 0.05) is 16.5 Å². The van der Waals surface area contributed by atoms with Crippen molar-refractivity contribution in [1.82, 2.24) is 4.57 Å². The molecule has 3 heteroatoms. The Bertz CT molecular complexity index is 1480. The van der Waals surface area contributed by atoms with Gasteiger partial charge in [-0.3, -0.25) is 4.79 Å². The van der Waals surface area contributed by atoms with Crippen molar-refractivity contribution in [2.75, 3.05) is 0 Å². The third kappa shape index (κ3) is 2.49. The van der Waals surface area contributed by atoms with Crippen molar-refractivity contribution in [2.24, 2.45) is 0 Å². The smallest absolute Gasteiger partial charge is 0.231 e. The van der Waals surface area contributed by atoms with Gasteiger partial charge in [-0.15, -0.1) is 0 Å². The fourth-order valence-corrected chi connectivity index (χ4v) is 4.22. The van der Waals surface area contributed by atoms with Gasteiger partial charge in [0.15, 0.2) is 5.76 Å². The maximum Gasteiger partial charge on any atom is 0.231 e. The van der Waals surface area contributed by atoms with Crippen molar-refractivity contribution in [1.29, 1.82) is 0 Å². The van der Waals surface area contributed by atoms with Gasteiger partial charge < -0.3 is 9.30 Å². The number of rotatable bonds is 2. The van der Waals surface area contributed by atoms with E-state index in [2.05, 4.69) is 65.2 Å². The van der Waals surface area contributed by atoms with Crippen LogP contribution in [0.1, 0.15) is 15.9 Å². The molecule has 0 bridgehead atoms. The molecule has 0 radical (unpaired) electrons. The van der Waals surface area contributed by atoms with Gasteiger partial charge in [0.2, 0.25) is 5.78 Å². The average molecular weight is 387 g/mol. The molecule has 1 aromatic heterocycles. The SMILES string of the molecule is O=C1C(=Cc2ccc3c(c2)c2ccccc2n3-c2ccccc2)Oc2ccccc21. The van der Waals surface area contributed by atoms with Crippen LogP contribution < -0.4 is 4.74 Å². The molecule has 2 heterocycles. The molecule has 6 rings (SSSR count). The summed E-state index contributed by atoms with van der Waals surface area (Å²) in [5.74, 6) is 0.912. The molecule has 1 aliphatic rings. The first kappa shape index (κ1) is 16.8. The van der Waals surface area contributed by atoms with Gasteiger partial charge in [-0.1, -0.05) is 54.6 Å². The zero-order valence-electron chi connectivity index (χ0n) is 16.1. The summed E-state index contributed by atoms with van der Waals surface area (Å²) < 4.78 is 8.08. The van der Waals surface area contributed by atoms with Crippen LogP contribution in [0.25, 0.3) is 33.6 Å². The Morgan fingerprint density at radius 2 is 1.43 bits per heavy atom. The Morgan fingerprint density at radius 1 is 0.700 bits per heavy atom. The molecule has 30 heavy (non-hydrogen) atoms. The Morgan fingerprint density at radius 3 is 2.30 bits per heavy atom. The minimum absolute atomic E-state index is 0.0718. The van der Waals surface area contributed by atoms with Gasteiger partial charge in [0.1, 0.15) is 5.75 Å². The van der Waals surface area contributed by atoms with Crippen LogP contribution in [-0.4, -0.2) is 10.4 Å². The van der Waals surface area contributed by atoms with Gasteiger partial charge in [-0.05, 0) is 54.1 Å². The number of hydrogen-bond donors (Lipinski definition) is 0. The van der Waals surface area contributed by atoms with E-state index in [0.29, 0.717) is 17.1 Å². The summed E-state index contributed by atoms with van der Waals surface area (Å²) >= 11 is 0. The van der Waals surface area contributed by atoms with E-state index < -0.39 is 0 Å². The molecule has 0 amide bonds. The van der Waals surface area contributed by atoms with Crippen LogP contribution in [0.3, 0.4) is 0 Å². The molecule has 0 fully saturated rings. The summed E-state index contributed by atoms with van der Waals surface area (Å²) in [6.45, 7) is 0. The zero-order chi connectivity index (χ0) is 20.1. The van der Waals surface area contributed by atoms with Crippen molar-refractivity contribution in [3.05, 3.63) is 114 Å². The fourth-order valence-electron chi connectivity index (χ4n) is 4.22. The molecule has 3 nitrogen and oxygen atoms in total. The van der Waals surface area contributed by atoms with Crippen molar-refractivity contribution in [3.8, 4) is 11.4 Å². The molecule has 4 aromatic carbocycles. The molecule has 0 aliphatic carbocycles. The molecule has 1 aliphatic heterocycles. The molecule has 0 spiro atoms. The van der Waals surface area contributed by atoms with E-state index in [4.69, 9.17) is 4.74 Å². The lowest BCUT2D eigenvalue weighted by molar-refractivity contribution is 0.101. The number of para-hydroxylation sites is 3. The first-order chi connectivity index (χ1) is 14.8. The molecule has 0 saturated carbocycles. The molecule has 0 N–H and O–H groups in total. The monoisotopic (exact) mass is 387 g/mol. The number of allylic oxidation sites excluding steroid dienone is 1. The van der Waals surface area contributed by atoms with E-state index >= 15 is 0 Å². The maximum atomic E-state index is 12.7. The molecular weight excluding hydrogens is 370 g/mol. The lowest BCUT2D eigenvalue weighted by Gasteiger charge is -2.07. The van der Waals surface area contributed by atoms with Crippen LogP contribution >= 0.6 is 0 Å². The van der Waals surface area contributed by atoms with E-state index in [0.717, 1.165) is 27.7 Å². The Kier molecular flexibility index (Phi) is 3.62. The number of carbonyl (C=O) groups excluding carboxylic acids is 1. The summed E-state index contributed by atoms with van der Waals surface area (Å²) in [6, 6.07) is 32.4. The number of fused-ring (bicyclic) bond motifs is 4. The van der Waals surface area contributed by atoms with Crippen molar-refractivity contribution in [3.63, 3.8) is 0 Å². The standard InChI is InChI=1S/C27H17NO2/c29-27-21-11-5-7-13-25(21)30-26(27)17-18-14-15-24-22(16-18)20-10-4-6-12-23(20)28(24)19-8-2-1-3-9-19/h1-17H. The number of ether oxygens (including phenoxy) is 1. The summed E-state index contributed by atoms with van der Waals surface area (Å²) in [5, 5.41) is 2.32. The average Bonchev–Trinajstić information content (AvgIpc) is 3.29.